The topological polar surface area (TPSA) is 97.9 Å². The number of aromatic amines is 2. The first-order valence-corrected chi connectivity index (χ1v) is 11.0. The molecule has 34 heavy (non-hydrogen) atoms. The molecular formula is C26H22N8. The van der Waals surface area contributed by atoms with Crippen LogP contribution < -0.4 is 5.32 Å². The summed E-state index contributed by atoms with van der Waals surface area (Å²) >= 11 is 0. The fourth-order valence-corrected chi connectivity index (χ4v) is 4.09. The number of nitrogens with one attached hydrogen (secondary N) is 3. The number of hydrogen-bond acceptors (Lipinski definition) is 6. The normalized spacial score (nSPS) is 15.5. The molecule has 3 N–H and O–H groups in total. The van der Waals surface area contributed by atoms with Crippen LogP contribution in [0.2, 0.25) is 0 Å². The molecule has 166 valence electrons. The molecule has 4 heterocycles. The molecule has 8 nitrogen and oxygen atoms in total. The highest BCUT2D eigenvalue weighted by Crippen LogP contribution is 2.29. The van der Waals surface area contributed by atoms with Crippen LogP contribution in [0.15, 0.2) is 96.7 Å². The van der Waals surface area contributed by atoms with E-state index in [0.717, 1.165) is 44.8 Å². The van der Waals surface area contributed by atoms with Gasteiger partial charge in [0.25, 0.3) is 0 Å². The molecule has 0 amide bonds. The molecule has 1 atom stereocenters. The molecule has 0 radical (unpaired) electrons. The third-order valence-corrected chi connectivity index (χ3v) is 5.85. The minimum Gasteiger partial charge on any atom is -0.355 e. The molecule has 6 rings (SSSR count). The van der Waals surface area contributed by atoms with Crippen molar-refractivity contribution in [3.8, 4) is 22.6 Å². The highest BCUT2D eigenvalue weighted by Gasteiger charge is 2.19. The van der Waals surface area contributed by atoms with Crippen molar-refractivity contribution in [2.24, 2.45) is 4.99 Å². The van der Waals surface area contributed by atoms with Crippen molar-refractivity contribution in [3.05, 3.63) is 97.2 Å². The molecular weight excluding hydrogens is 424 g/mol. The maximum Gasteiger partial charge on any atom is 0.175 e. The Kier molecular flexibility index (Phi) is 4.88. The second-order valence-corrected chi connectivity index (χ2v) is 8.16. The van der Waals surface area contributed by atoms with Gasteiger partial charge in [-0.05, 0) is 47.5 Å². The fourth-order valence-electron chi connectivity index (χ4n) is 4.09. The van der Waals surface area contributed by atoms with E-state index < -0.39 is 0 Å². The molecule has 2 aromatic carbocycles. The van der Waals surface area contributed by atoms with Crippen LogP contribution in [-0.2, 0) is 0 Å². The average Bonchev–Trinajstić information content (AvgIpc) is 3.56. The highest BCUT2D eigenvalue weighted by atomic mass is 15.2. The van der Waals surface area contributed by atoms with Gasteiger partial charge in [0, 0.05) is 54.0 Å². The molecule has 0 saturated carbocycles. The number of anilines is 1. The van der Waals surface area contributed by atoms with Gasteiger partial charge in [-0.15, -0.1) is 0 Å². The Balaban J connectivity index is 1.25. The number of aliphatic imine (C=N–C) groups is 1. The van der Waals surface area contributed by atoms with Gasteiger partial charge < -0.3 is 15.2 Å². The first kappa shape index (κ1) is 19.9. The molecule has 1 aliphatic rings. The lowest BCUT2D eigenvalue weighted by Crippen LogP contribution is -2.25. The summed E-state index contributed by atoms with van der Waals surface area (Å²) in [6.45, 7) is 0. The molecule has 0 spiro atoms. The Labute approximate surface area is 196 Å². The minimum atomic E-state index is -0.137. The van der Waals surface area contributed by atoms with Gasteiger partial charge in [0.15, 0.2) is 5.82 Å². The second kappa shape index (κ2) is 8.32. The Morgan fingerprint density at radius 3 is 2.62 bits per heavy atom. The van der Waals surface area contributed by atoms with Gasteiger partial charge >= 0.3 is 0 Å². The molecule has 1 unspecified atom stereocenters. The number of fused-ring (bicyclic) bond motifs is 1. The molecule has 3 aromatic heterocycles. The number of aromatic nitrogens is 5. The summed E-state index contributed by atoms with van der Waals surface area (Å²) in [5, 5.41) is 11.4. The summed E-state index contributed by atoms with van der Waals surface area (Å²) in [7, 11) is 2.03. The van der Waals surface area contributed by atoms with Gasteiger partial charge in [-0.2, -0.15) is 5.10 Å². The van der Waals surface area contributed by atoms with E-state index in [1.807, 2.05) is 49.9 Å². The maximum atomic E-state index is 4.96. The Morgan fingerprint density at radius 2 is 1.82 bits per heavy atom. The van der Waals surface area contributed by atoms with Crippen LogP contribution in [-0.4, -0.2) is 42.9 Å². The van der Waals surface area contributed by atoms with Crippen molar-refractivity contribution < 1.29 is 0 Å². The molecule has 0 saturated heterocycles. The van der Waals surface area contributed by atoms with Gasteiger partial charge in [-0.25, -0.2) is 15.0 Å². The van der Waals surface area contributed by atoms with Crippen molar-refractivity contribution in [1.29, 1.82) is 0 Å². The van der Waals surface area contributed by atoms with Crippen LogP contribution in [0, 0.1) is 0 Å². The third-order valence-electron chi connectivity index (χ3n) is 5.85. The fraction of sp³-hybridized carbons (Fsp3) is 0.0769. The number of benzene rings is 2. The molecule has 0 fully saturated rings. The van der Waals surface area contributed by atoms with E-state index in [9.17, 15) is 0 Å². The van der Waals surface area contributed by atoms with E-state index in [4.69, 9.17) is 4.99 Å². The van der Waals surface area contributed by atoms with Crippen LogP contribution in [0.1, 0.15) is 11.7 Å². The number of hydrogen-bond donors (Lipinski definition) is 3. The average molecular weight is 447 g/mol. The summed E-state index contributed by atoms with van der Waals surface area (Å²) in [6.07, 6.45) is 11.1. The van der Waals surface area contributed by atoms with E-state index >= 15 is 0 Å². The zero-order valence-corrected chi connectivity index (χ0v) is 18.5. The summed E-state index contributed by atoms with van der Waals surface area (Å²) < 4.78 is 0. The Hall–Kier alpha value is -4.72. The smallest absolute Gasteiger partial charge is 0.175 e. The largest absolute Gasteiger partial charge is 0.355 e. The number of rotatable bonds is 4. The van der Waals surface area contributed by atoms with E-state index in [0.29, 0.717) is 5.82 Å². The molecule has 0 bridgehead atoms. The lowest BCUT2D eigenvalue weighted by molar-refractivity contribution is 0.344. The monoisotopic (exact) mass is 446 g/mol. The SMILES string of the molecule is CN1C=CC(Nc2ccc(-c3cn[nH]c3)cc2)=NC1c1ccc2cc(-c3ncccn3)[nH]c2c1. The Morgan fingerprint density at radius 1 is 0.971 bits per heavy atom. The summed E-state index contributed by atoms with van der Waals surface area (Å²) in [5.41, 5.74) is 6.17. The third kappa shape index (κ3) is 3.81. The van der Waals surface area contributed by atoms with Crippen LogP contribution in [0.5, 0.6) is 0 Å². The Bertz CT molecular complexity index is 1480. The van der Waals surface area contributed by atoms with Crippen molar-refractivity contribution in [1.82, 2.24) is 30.0 Å². The van der Waals surface area contributed by atoms with Gasteiger partial charge in [-0.3, -0.25) is 5.10 Å². The predicted molar refractivity (Wildman–Crippen MR) is 134 cm³/mol. The zero-order chi connectivity index (χ0) is 22.9. The first-order chi connectivity index (χ1) is 16.7. The van der Waals surface area contributed by atoms with Crippen LogP contribution in [0.3, 0.4) is 0 Å². The standard InChI is InChI=1S/C26H22N8/c1-34-12-9-24(31-21-7-5-17(6-8-21)20-15-29-30-16-20)33-26(34)19-4-3-18-13-23(32-22(18)14-19)25-27-10-2-11-28-25/h2-16,26,32H,1H3,(H,29,30)(H,31,33). The van der Waals surface area contributed by atoms with Crippen molar-refractivity contribution in [2.75, 3.05) is 12.4 Å². The van der Waals surface area contributed by atoms with Gasteiger partial charge in [-0.1, -0.05) is 24.3 Å². The zero-order valence-electron chi connectivity index (χ0n) is 18.5. The summed E-state index contributed by atoms with van der Waals surface area (Å²) in [6, 6.07) is 18.5. The molecule has 5 aromatic rings. The number of H-pyrrole nitrogens is 2. The predicted octanol–water partition coefficient (Wildman–Crippen LogP) is 4.98. The van der Waals surface area contributed by atoms with Gasteiger partial charge in [0.2, 0.25) is 0 Å². The molecule has 1 aliphatic heterocycles. The molecule has 8 heteroatoms. The van der Waals surface area contributed by atoms with Crippen LogP contribution in [0.25, 0.3) is 33.5 Å². The number of amidine groups is 1. The quantitative estimate of drug-likeness (QED) is 0.362. The van der Waals surface area contributed by atoms with Gasteiger partial charge in [0.05, 0.1) is 11.9 Å². The summed E-state index contributed by atoms with van der Waals surface area (Å²) in [5.74, 6) is 1.49. The summed E-state index contributed by atoms with van der Waals surface area (Å²) in [4.78, 5) is 19.2. The number of nitrogens with zero attached hydrogens (tertiary/aromatic N) is 5. The minimum absolute atomic E-state index is 0.137. The highest BCUT2D eigenvalue weighted by molar-refractivity contribution is 6.04. The lowest BCUT2D eigenvalue weighted by Gasteiger charge is -2.28. The van der Waals surface area contributed by atoms with Crippen molar-refractivity contribution in [3.63, 3.8) is 0 Å². The van der Waals surface area contributed by atoms with Crippen molar-refractivity contribution >= 4 is 22.4 Å². The van der Waals surface area contributed by atoms with E-state index in [2.05, 4.69) is 71.8 Å². The molecule has 0 aliphatic carbocycles. The maximum absolute atomic E-state index is 4.96. The van der Waals surface area contributed by atoms with E-state index in [1.165, 1.54) is 0 Å². The van der Waals surface area contributed by atoms with E-state index in [-0.39, 0.29) is 6.17 Å². The van der Waals surface area contributed by atoms with Crippen LogP contribution >= 0.6 is 0 Å². The van der Waals surface area contributed by atoms with Crippen molar-refractivity contribution in [2.45, 2.75) is 6.17 Å². The van der Waals surface area contributed by atoms with Gasteiger partial charge in [0.1, 0.15) is 12.0 Å². The van der Waals surface area contributed by atoms with Crippen LogP contribution in [0.4, 0.5) is 5.69 Å². The first-order valence-electron chi connectivity index (χ1n) is 11.0. The second-order valence-electron chi connectivity index (χ2n) is 8.16. The van der Waals surface area contributed by atoms with E-state index in [1.54, 1.807) is 12.4 Å². The lowest BCUT2D eigenvalue weighted by atomic mass is 10.1.